The number of carbonyl (C=O) groups is 1. The number of aromatic nitrogens is 2. The molecule has 1 heterocycles. The summed E-state index contributed by atoms with van der Waals surface area (Å²) in [6.07, 6.45) is 4.35. The molecule has 1 aromatic carbocycles. The lowest BCUT2D eigenvalue weighted by molar-refractivity contribution is -0.132. The molecule has 0 atom stereocenters. The smallest absolute Gasteiger partial charge is 0.260 e. The van der Waals surface area contributed by atoms with Crippen molar-refractivity contribution >= 4 is 5.91 Å². The van der Waals surface area contributed by atoms with Gasteiger partial charge in [-0.25, -0.2) is 4.98 Å². The van der Waals surface area contributed by atoms with Gasteiger partial charge in [0.15, 0.2) is 6.61 Å². The van der Waals surface area contributed by atoms with Crippen LogP contribution >= 0.6 is 0 Å². The fraction of sp³-hybridized carbons (Fsp3) is 0.333. The second-order valence-corrected chi connectivity index (χ2v) is 4.58. The fourth-order valence-electron chi connectivity index (χ4n) is 1.81. The van der Waals surface area contributed by atoms with Crippen LogP contribution < -0.4 is 4.74 Å². The molecule has 0 aliphatic rings. The van der Waals surface area contributed by atoms with Crippen molar-refractivity contribution in [3.05, 3.63) is 48.0 Å². The molecule has 5 nitrogen and oxygen atoms in total. The molecule has 2 aromatic rings. The van der Waals surface area contributed by atoms with Crippen LogP contribution in [0.5, 0.6) is 5.75 Å². The second kappa shape index (κ2) is 6.75. The van der Waals surface area contributed by atoms with Crippen LogP contribution in [0.3, 0.4) is 0 Å². The number of aromatic amines is 1. The van der Waals surface area contributed by atoms with E-state index in [1.54, 1.807) is 24.3 Å². The Morgan fingerprint density at radius 1 is 1.45 bits per heavy atom. The molecule has 0 saturated heterocycles. The van der Waals surface area contributed by atoms with Crippen molar-refractivity contribution in [2.75, 3.05) is 13.7 Å². The summed E-state index contributed by atoms with van der Waals surface area (Å²) in [6.45, 7) is 2.57. The van der Waals surface area contributed by atoms with Gasteiger partial charge >= 0.3 is 0 Å². The van der Waals surface area contributed by atoms with E-state index in [0.717, 1.165) is 18.0 Å². The lowest BCUT2D eigenvalue weighted by Crippen LogP contribution is -2.31. The lowest BCUT2D eigenvalue weighted by atomic mass is 10.2. The van der Waals surface area contributed by atoms with Crippen molar-refractivity contribution < 1.29 is 9.53 Å². The topological polar surface area (TPSA) is 58.2 Å². The molecule has 0 bridgehead atoms. The van der Waals surface area contributed by atoms with Crippen LogP contribution in [0.15, 0.2) is 36.7 Å². The van der Waals surface area contributed by atoms with Gasteiger partial charge in [-0.05, 0) is 24.1 Å². The minimum absolute atomic E-state index is 0.0321. The third kappa shape index (κ3) is 3.85. The number of imidazole rings is 1. The summed E-state index contributed by atoms with van der Waals surface area (Å²) in [5.41, 5.74) is 1.19. The monoisotopic (exact) mass is 273 g/mol. The van der Waals surface area contributed by atoms with Crippen LogP contribution in [-0.4, -0.2) is 34.4 Å². The van der Waals surface area contributed by atoms with Gasteiger partial charge in [0.1, 0.15) is 11.6 Å². The van der Waals surface area contributed by atoms with Gasteiger partial charge in [-0.2, -0.15) is 0 Å². The lowest BCUT2D eigenvalue weighted by Gasteiger charge is -2.16. The summed E-state index contributed by atoms with van der Waals surface area (Å²) in [4.78, 5) is 20.6. The van der Waals surface area contributed by atoms with E-state index >= 15 is 0 Å². The van der Waals surface area contributed by atoms with Crippen LogP contribution in [0.25, 0.3) is 0 Å². The molecule has 0 saturated carbocycles. The number of likely N-dealkylation sites (N-methyl/N-ethyl adjacent to an activating group) is 1. The van der Waals surface area contributed by atoms with E-state index in [9.17, 15) is 4.79 Å². The summed E-state index contributed by atoms with van der Waals surface area (Å²) >= 11 is 0. The molecule has 0 aliphatic carbocycles. The molecule has 20 heavy (non-hydrogen) atoms. The van der Waals surface area contributed by atoms with E-state index in [1.807, 2.05) is 24.3 Å². The summed E-state index contributed by atoms with van der Waals surface area (Å²) in [5, 5.41) is 0. The third-order valence-corrected chi connectivity index (χ3v) is 3.04. The molecule has 2 rings (SSSR count). The number of H-pyrrole nitrogens is 1. The SMILES string of the molecule is CCc1cccc(OCC(=O)N(C)Cc2ncc[nH]2)c1. The van der Waals surface area contributed by atoms with Gasteiger partial charge in [0, 0.05) is 19.4 Å². The number of carbonyl (C=O) groups excluding carboxylic acids is 1. The minimum atomic E-state index is -0.0803. The van der Waals surface area contributed by atoms with E-state index in [0.29, 0.717) is 6.54 Å². The number of nitrogens with one attached hydrogen (secondary N) is 1. The number of nitrogens with zero attached hydrogens (tertiary/aromatic N) is 2. The maximum atomic E-state index is 12.0. The third-order valence-electron chi connectivity index (χ3n) is 3.04. The maximum absolute atomic E-state index is 12.0. The van der Waals surface area contributed by atoms with Gasteiger partial charge in [0.2, 0.25) is 0 Å². The molecule has 0 spiro atoms. The number of hydrogen-bond acceptors (Lipinski definition) is 3. The van der Waals surface area contributed by atoms with Gasteiger partial charge in [-0.15, -0.1) is 0 Å². The largest absolute Gasteiger partial charge is 0.484 e. The quantitative estimate of drug-likeness (QED) is 0.876. The van der Waals surface area contributed by atoms with E-state index in [1.165, 1.54) is 5.56 Å². The Morgan fingerprint density at radius 2 is 2.30 bits per heavy atom. The van der Waals surface area contributed by atoms with Crippen LogP contribution in [0, 0.1) is 0 Å². The van der Waals surface area contributed by atoms with Gasteiger partial charge in [0.05, 0.1) is 6.54 Å². The zero-order valence-corrected chi connectivity index (χ0v) is 11.8. The molecule has 5 heteroatoms. The Bertz CT molecular complexity index is 552. The van der Waals surface area contributed by atoms with Crippen molar-refractivity contribution in [2.24, 2.45) is 0 Å². The molecule has 1 aromatic heterocycles. The van der Waals surface area contributed by atoms with E-state index in [4.69, 9.17) is 4.74 Å². The average Bonchev–Trinajstić information content (AvgIpc) is 2.97. The molecule has 106 valence electrons. The van der Waals surface area contributed by atoms with Gasteiger partial charge in [0.25, 0.3) is 5.91 Å². The second-order valence-electron chi connectivity index (χ2n) is 4.58. The van der Waals surface area contributed by atoms with Crippen LogP contribution in [0.2, 0.25) is 0 Å². The fourth-order valence-corrected chi connectivity index (χ4v) is 1.81. The highest BCUT2D eigenvalue weighted by molar-refractivity contribution is 5.77. The first-order chi connectivity index (χ1) is 9.69. The predicted molar refractivity (Wildman–Crippen MR) is 76.4 cm³/mol. The molecule has 1 amide bonds. The van der Waals surface area contributed by atoms with Crippen LogP contribution in [0.1, 0.15) is 18.3 Å². The van der Waals surface area contributed by atoms with E-state index < -0.39 is 0 Å². The highest BCUT2D eigenvalue weighted by Crippen LogP contribution is 2.13. The molecule has 0 fully saturated rings. The number of benzene rings is 1. The Kier molecular flexibility index (Phi) is 4.76. The Balaban J connectivity index is 1.84. The predicted octanol–water partition coefficient (Wildman–Crippen LogP) is 2.01. The number of rotatable bonds is 6. The van der Waals surface area contributed by atoms with Gasteiger partial charge in [-0.1, -0.05) is 19.1 Å². The highest BCUT2D eigenvalue weighted by Gasteiger charge is 2.11. The molecule has 0 aliphatic heterocycles. The van der Waals surface area contributed by atoms with Crippen LogP contribution in [0.4, 0.5) is 0 Å². The minimum Gasteiger partial charge on any atom is -0.484 e. The highest BCUT2D eigenvalue weighted by atomic mass is 16.5. The Labute approximate surface area is 118 Å². The van der Waals surface area contributed by atoms with Gasteiger partial charge in [-0.3, -0.25) is 4.79 Å². The maximum Gasteiger partial charge on any atom is 0.260 e. The van der Waals surface area contributed by atoms with E-state index in [2.05, 4.69) is 16.9 Å². The zero-order valence-electron chi connectivity index (χ0n) is 11.8. The summed E-state index contributed by atoms with van der Waals surface area (Å²) in [7, 11) is 1.73. The number of aryl methyl sites for hydroxylation is 1. The summed E-state index contributed by atoms with van der Waals surface area (Å²) in [5.74, 6) is 1.40. The number of hydrogen-bond donors (Lipinski definition) is 1. The summed E-state index contributed by atoms with van der Waals surface area (Å²) < 4.78 is 5.53. The van der Waals surface area contributed by atoms with Crippen molar-refractivity contribution in [3.8, 4) is 5.75 Å². The standard InChI is InChI=1S/C15H19N3O2/c1-3-12-5-4-6-13(9-12)20-11-15(19)18(2)10-14-16-7-8-17-14/h4-9H,3,10-11H2,1-2H3,(H,16,17). The van der Waals surface area contributed by atoms with Crippen molar-refractivity contribution in [2.45, 2.75) is 19.9 Å². The number of amides is 1. The molecular formula is C15H19N3O2. The molecule has 0 radical (unpaired) electrons. The first kappa shape index (κ1) is 14.1. The van der Waals surface area contributed by atoms with E-state index in [-0.39, 0.29) is 12.5 Å². The van der Waals surface area contributed by atoms with Crippen LogP contribution in [-0.2, 0) is 17.8 Å². The molecule has 0 unspecified atom stereocenters. The Morgan fingerprint density at radius 3 is 3.00 bits per heavy atom. The van der Waals surface area contributed by atoms with Crippen molar-refractivity contribution in [1.82, 2.24) is 14.9 Å². The zero-order chi connectivity index (χ0) is 14.4. The molecular weight excluding hydrogens is 254 g/mol. The van der Waals surface area contributed by atoms with Crippen molar-refractivity contribution in [3.63, 3.8) is 0 Å². The molecule has 1 N–H and O–H groups in total. The number of ether oxygens (including phenoxy) is 1. The normalized spacial score (nSPS) is 10.3. The first-order valence-corrected chi connectivity index (χ1v) is 6.63. The Hall–Kier alpha value is -2.30. The average molecular weight is 273 g/mol. The first-order valence-electron chi connectivity index (χ1n) is 6.63. The van der Waals surface area contributed by atoms with Gasteiger partial charge < -0.3 is 14.6 Å². The van der Waals surface area contributed by atoms with Crippen molar-refractivity contribution in [1.29, 1.82) is 0 Å². The summed E-state index contributed by atoms with van der Waals surface area (Å²) in [6, 6.07) is 7.79.